The van der Waals surface area contributed by atoms with Crippen LogP contribution in [-0.4, -0.2) is 24.4 Å². The molecule has 0 amide bonds. The summed E-state index contributed by atoms with van der Waals surface area (Å²) in [6.07, 6.45) is 1.19. The second kappa shape index (κ2) is 6.54. The minimum Gasteiger partial charge on any atom is -0.393 e. The molecule has 1 unspecified atom stereocenters. The number of hydrogen-bond donors (Lipinski definition) is 1. The van der Waals surface area contributed by atoms with Crippen LogP contribution < -0.4 is 5.73 Å². The lowest BCUT2D eigenvalue weighted by atomic mass is 9.90. The topological polar surface area (TPSA) is 35.2 Å². The van der Waals surface area contributed by atoms with Crippen LogP contribution in [0.2, 0.25) is 0 Å². The lowest BCUT2D eigenvalue weighted by Gasteiger charge is -2.23. The molecule has 0 aromatic heterocycles. The molecule has 0 aromatic carbocycles. The minimum atomic E-state index is -4.40. The van der Waals surface area contributed by atoms with E-state index in [1.54, 1.807) is 0 Å². The maximum absolute atomic E-state index is 12.5. The van der Waals surface area contributed by atoms with Gasteiger partial charge >= 0.3 is 6.18 Å². The monoisotopic (exact) mass is 269 g/mol. The first-order valence-corrected chi connectivity index (χ1v) is 6.26. The highest BCUT2D eigenvalue weighted by Crippen LogP contribution is 2.28. The number of halogens is 3. The maximum Gasteiger partial charge on any atom is 0.400 e. The normalized spacial score (nSPS) is 20.2. The van der Waals surface area contributed by atoms with Gasteiger partial charge in [0.05, 0.1) is 11.6 Å². The Morgan fingerprint density at radius 1 is 1.29 bits per heavy atom. The molecule has 100 valence electrons. The van der Waals surface area contributed by atoms with Crippen molar-refractivity contribution in [2.75, 3.05) is 13.2 Å². The largest absolute Gasteiger partial charge is 0.400 e. The van der Waals surface area contributed by atoms with Crippen LogP contribution in [0.3, 0.4) is 0 Å². The molecule has 0 radical (unpaired) electrons. The van der Waals surface area contributed by atoms with Gasteiger partial charge in [-0.25, -0.2) is 0 Å². The Morgan fingerprint density at radius 3 is 2.35 bits per heavy atom. The number of ether oxygens (including phenoxy) is 1. The van der Waals surface area contributed by atoms with E-state index in [2.05, 4.69) is 12.2 Å². The molecule has 0 saturated heterocycles. The van der Waals surface area contributed by atoms with Gasteiger partial charge in [0.1, 0.15) is 5.92 Å². The number of hydrogen-bond acceptors (Lipinski definition) is 2. The molecule has 0 spiro atoms. The Bertz CT molecular complexity index is 252. The first-order chi connectivity index (χ1) is 7.91. The summed E-state index contributed by atoms with van der Waals surface area (Å²) in [7, 11) is 0. The molecular formula is C11H18F3NOS. The van der Waals surface area contributed by atoms with E-state index in [4.69, 9.17) is 10.5 Å². The van der Waals surface area contributed by atoms with Gasteiger partial charge in [0.2, 0.25) is 0 Å². The second-order valence-corrected chi connectivity index (χ2v) is 5.01. The summed E-state index contributed by atoms with van der Waals surface area (Å²) < 4.78 is 42.6. The van der Waals surface area contributed by atoms with E-state index in [1.807, 2.05) is 0 Å². The zero-order valence-corrected chi connectivity index (χ0v) is 10.4. The van der Waals surface area contributed by atoms with E-state index in [9.17, 15) is 13.2 Å². The zero-order valence-electron chi connectivity index (χ0n) is 9.63. The molecule has 17 heavy (non-hydrogen) atoms. The third kappa shape index (κ3) is 5.21. The molecule has 2 N–H and O–H groups in total. The molecule has 2 nitrogen and oxygen atoms in total. The average Bonchev–Trinajstić information content (AvgIpc) is 2.23. The SMILES string of the molecule is NC(=S)C(COCC1CCCCC1)C(F)(F)F. The number of thiocarbonyl (C=S) groups is 1. The fraction of sp³-hybridized carbons (Fsp3) is 0.909. The molecular weight excluding hydrogens is 251 g/mol. The third-order valence-electron chi connectivity index (χ3n) is 3.10. The summed E-state index contributed by atoms with van der Waals surface area (Å²) in [6.45, 7) is -0.0650. The Morgan fingerprint density at radius 2 is 1.88 bits per heavy atom. The zero-order chi connectivity index (χ0) is 12.9. The van der Waals surface area contributed by atoms with Crippen LogP contribution >= 0.6 is 12.2 Å². The van der Waals surface area contributed by atoms with Gasteiger partial charge in [0.25, 0.3) is 0 Å². The van der Waals surface area contributed by atoms with Gasteiger partial charge in [-0.3, -0.25) is 0 Å². The predicted molar refractivity (Wildman–Crippen MR) is 63.7 cm³/mol. The Hall–Kier alpha value is -0.360. The van der Waals surface area contributed by atoms with Crippen molar-refractivity contribution < 1.29 is 17.9 Å². The fourth-order valence-electron chi connectivity index (χ4n) is 2.04. The van der Waals surface area contributed by atoms with E-state index in [0.29, 0.717) is 12.5 Å². The van der Waals surface area contributed by atoms with E-state index in [0.717, 1.165) is 25.7 Å². The summed E-state index contributed by atoms with van der Waals surface area (Å²) in [6, 6.07) is 0. The summed E-state index contributed by atoms with van der Waals surface area (Å²) >= 11 is 4.41. The van der Waals surface area contributed by atoms with Crippen molar-refractivity contribution >= 4 is 17.2 Å². The standard InChI is InChI=1S/C11H18F3NOS/c12-11(13,14)9(10(15)17)7-16-6-8-4-2-1-3-5-8/h8-9H,1-7H2,(H2,15,17). The molecule has 1 fully saturated rings. The van der Waals surface area contributed by atoms with Gasteiger partial charge < -0.3 is 10.5 Å². The highest BCUT2D eigenvalue weighted by molar-refractivity contribution is 7.80. The summed E-state index contributed by atoms with van der Waals surface area (Å²) in [5, 5.41) is 0. The lowest BCUT2D eigenvalue weighted by molar-refractivity contribution is -0.168. The van der Waals surface area contributed by atoms with Crippen molar-refractivity contribution in [1.29, 1.82) is 0 Å². The van der Waals surface area contributed by atoms with Crippen LogP contribution in [0.5, 0.6) is 0 Å². The van der Waals surface area contributed by atoms with Crippen molar-refractivity contribution in [1.82, 2.24) is 0 Å². The number of rotatable bonds is 5. The predicted octanol–water partition coefficient (Wildman–Crippen LogP) is 3.05. The van der Waals surface area contributed by atoms with Crippen LogP contribution in [0.1, 0.15) is 32.1 Å². The van der Waals surface area contributed by atoms with Crippen molar-refractivity contribution in [2.24, 2.45) is 17.6 Å². The van der Waals surface area contributed by atoms with Gasteiger partial charge in [-0.05, 0) is 18.8 Å². The smallest absolute Gasteiger partial charge is 0.393 e. The third-order valence-corrected chi connectivity index (χ3v) is 3.39. The minimum absolute atomic E-state index is 0.384. The molecule has 6 heteroatoms. The lowest BCUT2D eigenvalue weighted by Crippen LogP contribution is -2.38. The van der Waals surface area contributed by atoms with E-state index < -0.39 is 23.7 Å². The molecule has 1 saturated carbocycles. The molecule has 1 atom stereocenters. The molecule has 1 aliphatic rings. The van der Waals surface area contributed by atoms with Crippen molar-refractivity contribution in [2.45, 2.75) is 38.3 Å². The van der Waals surface area contributed by atoms with E-state index in [1.165, 1.54) is 6.42 Å². The molecule has 1 rings (SSSR count). The van der Waals surface area contributed by atoms with Gasteiger partial charge in [0, 0.05) is 6.61 Å². The van der Waals surface area contributed by atoms with Gasteiger partial charge in [0.15, 0.2) is 0 Å². The highest BCUT2D eigenvalue weighted by Gasteiger charge is 2.41. The van der Waals surface area contributed by atoms with Crippen molar-refractivity contribution in [3.8, 4) is 0 Å². The first kappa shape index (κ1) is 14.7. The number of alkyl halides is 3. The van der Waals surface area contributed by atoms with Gasteiger partial charge in [-0.1, -0.05) is 31.5 Å². The molecule has 0 bridgehead atoms. The summed E-state index contributed by atoms with van der Waals surface area (Å²) in [5.41, 5.74) is 5.07. The maximum atomic E-state index is 12.5. The quantitative estimate of drug-likeness (QED) is 0.779. The molecule has 0 heterocycles. The number of nitrogens with two attached hydrogens (primary N) is 1. The van der Waals surface area contributed by atoms with Gasteiger partial charge in [-0.15, -0.1) is 0 Å². The Labute approximate surface area is 105 Å². The molecule has 0 aromatic rings. The van der Waals surface area contributed by atoms with Crippen LogP contribution in [0, 0.1) is 11.8 Å². The van der Waals surface area contributed by atoms with Crippen molar-refractivity contribution in [3.63, 3.8) is 0 Å². The highest BCUT2D eigenvalue weighted by atomic mass is 32.1. The van der Waals surface area contributed by atoms with Crippen LogP contribution in [-0.2, 0) is 4.74 Å². The van der Waals surface area contributed by atoms with Crippen molar-refractivity contribution in [3.05, 3.63) is 0 Å². The Balaban J connectivity index is 2.29. The van der Waals surface area contributed by atoms with E-state index in [-0.39, 0.29) is 0 Å². The Kier molecular flexibility index (Phi) is 5.66. The average molecular weight is 269 g/mol. The van der Waals surface area contributed by atoms with Gasteiger partial charge in [-0.2, -0.15) is 13.2 Å². The molecule has 0 aliphatic heterocycles. The summed E-state index contributed by atoms with van der Waals surface area (Å²) in [4.78, 5) is -0.541. The van der Waals surface area contributed by atoms with E-state index >= 15 is 0 Å². The van der Waals surface area contributed by atoms with Crippen LogP contribution in [0.4, 0.5) is 13.2 Å². The molecule has 1 aliphatic carbocycles. The van der Waals surface area contributed by atoms with Crippen LogP contribution in [0.25, 0.3) is 0 Å². The first-order valence-electron chi connectivity index (χ1n) is 5.85. The fourth-order valence-corrected chi connectivity index (χ4v) is 2.25. The van der Waals surface area contributed by atoms with Crippen LogP contribution in [0.15, 0.2) is 0 Å². The second-order valence-electron chi connectivity index (χ2n) is 4.54. The summed E-state index contributed by atoms with van der Waals surface area (Å²) in [5.74, 6) is -1.43.